The minimum atomic E-state index is -0.303. The van der Waals surface area contributed by atoms with Gasteiger partial charge in [-0.05, 0) is 112 Å². The molecule has 0 aromatic carbocycles. The molecule has 0 fully saturated rings. The number of hydrogen-bond acceptors (Lipinski definition) is 22. The average molecular weight is 1620 g/mol. The highest BCUT2D eigenvalue weighted by atomic mass is 16.2. The van der Waals surface area contributed by atoms with Crippen LogP contribution in [0, 0.1) is 23.7 Å². The van der Waals surface area contributed by atoms with E-state index >= 15 is 0 Å². The quantitative estimate of drug-likeness (QED) is 0.111. The van der Waals surface area contributed by atoms with E-state index in [1.54, 1.807) is 164 Å². The minimum absolute atomic E-state index is 0.0183. The van der Waals surface area contributed by atoms with E-state index in [9.17, 15) is 47.9 Å². The standard InChI is InChI=1S/C16H16N4O2.C15H15N5O2.C14H12N4O2.C13H11N5O2.C13H10N4O2.4C4H10/c1-10(2)19-8-9-20-14(16(19)22)13(18-15(20)11(3)21)12-6-4-5-7-17-12;1-9(2)19-8-17-20-13(15(19)22)12(18-14(20)10(3)21)11-6-4-5-7-16-11;1-9(19)13-16-11(10-5-3-4-6-15-10)12-14(20)17(2)7-8-18(12)13;1-8(19)12-16-10(9-5-3-4-6-14-9)11-13(20)17(2)7-15-18(11)12;1-8(18)12-16-10(9-4-2-3-5-14-9)11-13(19)15-6-7-17(11)12;4*1-4(2)3/h4-10H,1-3H3;4-9H,1-3H3;3-8H,1-2H3;3-7H,1-2H3;2-7H,1H3,(H,15,19);4*4H,1-3H3. The third-order valence-electron chi connectivity index (χ3n) is 15.7. The topological polar surface area (TPSA) is 383 Å². The number of rotatable bonds is 12. The van der Waals surface area contributed by atoms with Crippen molar-refractivity contribution < 1.29 is 24.0 Å². The first-order valence-electron chi connectivity index (χ1n) is 38.7. The van der Waals surface area contributed by atoms with Gasteiger partial charge in [0.15, 0.2) is 69.1 Å². The second kappa shape index (κ2) is 42.1. The summed E-state index contributed by atoms with van der Waals surface area (Å²) in [5.41, 5.74) is 5.13. The van der Waals surface area contributed by atoms with Crippen LogP contribution in [-0.4, -0.2) is 134 Å². The molecule has 622 valence electrons. The number of carbonyl (C=O) groups is 5. The number of fused-ring (bicyclic) bond motifs is 5. The van der Waals surface area contributed by atoms with Crippen molar-refractivity contribution in [3.05, 3.63) is 253 Å². The molecule has 32 nitrogen and oxygen atoms in total. The maximum Gasteiger partial charge on any atom is 0.280 e. The molecule has 15 aromatic heterocycles. The maximum atomic E-state index is 12.8. The first kappa shape index (κ1) is 92.2. The number of hydrogen-bond donors (Lipinski definition) is 1. The molecule has 0 bridgehead atoms. The zero-order valence-corrected chi connectivity index (χ0v) is 71.6. The molecule has 0 spiro atoms. The van der Waals surface area contributed by atoms with Crippen LogP contribution in [0.4, 0.5) is 0 Å². The third kappa shape index (κ3) is 23.2. The lowest BCUT2D eigenvalue weighted by Crippen LogP contribution is -2.25. The van der Waals surface area contributed by atoms with Crippen molar-refractivity contribution in [3.63, 3.8) is 0 Å². The number of nitrogens with zero attached hydrogens (tertiary/aromatic N) is 21. The monoisotopic (exact) mass is 1620 g/mol. The van der Waals surface area contributed by atoms with Crippen LogP contribution in [0.3, 0.4) is 0 Å². The van der Waals surface area contributed by atoms with Crippen molar-refractivity contribution in [2.24, 2.45) is 37.8 Å². The van der Waals surface area contributed by atoms with Crippen LogP contribution in [0.2, 0.25) is 0 Å². The molecule has 32 heteroatoms. The number of nitrogens with one attached hydrogen (secondary N) is 1. The van der Waals surface area contributed by atoms with Gasteiger partial charge in [-0.25, -0.2) is 34.0 Å². The predicted octanol–water partition coefficient (Wildman–Crippen LogP) is 14.0. The third-order valence-corrected chi connectivity index (χ3v) is 15.7. The fourth-order valence-electron chi connectivity index (χ4n) is 10.8. The van der Waals surface area contributed by atoms with E-state index in [1.165, 1.54) is 85.0 Å². The van der Waals surface area contributed by atoms with Crippen molar-refractivity contribution >= 4 is 56.5 Å². The molecule has 0 unspecified atom stereocenters. The van der Waals surface area contributed by atoms with Gasteiger partial charge in [0, 0.05) is 129 Å². The van der Waals surface area contributed by atoms with E-state index in [0.29, 0.717) is 73.5 Å². The maximum absolute atomic E-state index is 12.8. The Balaban J connectivity index is 0.000000196. The Labute approximate surface area is 687 Å². The minimum Gasteiger partial charge on any atom is -0.326 e. The molecule has 1 N–H and O–H groups in total. The number of aromatic nitrogens is 22. The van der Waals surface area contributed by atoms with Crippen molar-refractivity contribution in [2.45, 2.75) is 157 Å². The van der Waals surface area contributed by atoms with Gasteiger partial charge < -0.3 is 14.1 Å². The summed E-state index contributed by atoms with van der Waals surface area (Å²) >= 11 is 0. The Hall–Kier alpha value is -13.9. The van der Waals surface area contributed by atoms with Crippen LogP contribution in [0.5, 0.6) is 0 Å². The van der Waals surface area contributed by atoms with E-state index < -0.39 is 0 Å². The van der Waals surface area contributed by atoms with Gasteiger partial charge in [0.25, 0.3) is 27.8 Å². The summed E-state index contributed by atoms with van der Waals surface area (Å²) in [6.07, 6.45) is 20.6. The zero-order valence-electron chi connectivity index (χ0n) is 71.6. The van der Waals surface area contributed by atoms with Crippen LogP contribution >= 0.6 is 0 Å². The molecular weight excluding hydrogens is 1510 g/mol. The molecule has 119 heavy (non-hydrogen) atoms. The number of H-pyrrole nitrogens is 1. The number of aryl methyl sites for hydroxylation is 2. The number of imidazole rings is 5. The highest BCUT2D eigenvalue weighted by Gasteiger charge is 2.26. The molecule has 0 amide bonds. The molecule has 0 radical (unpaired) electrons. The molecule has 0 aliphatic rings. The summed E-state index contributed by atoms with van der Waals surface area (Å²) in [6, 6.07) is 26.7. The highest BCUT2D eigenvalue weighted by Crippen LogP contribution is 2.26. The lowest BCUT2D eigenvalue weighted by molar-refractivity contribution is 0.0993. The van der Waals surface area contributed by atoms with E-state index in [1.807, 2.05) is 39.8 Å². The molecule has 15 rings (SSSR count). The fourth-order valence-corrected chi connectivity index (χ4v) is 10.8. The SMILES string of the molecule is CC(=O)c1nc(-c2ccccn2)c2c(=O)[nH]ccn12.CC(=O)c1nc(-c2ccccn2)c2c(=O)n(C(C)C)ccn12.CC(=O)c1nc(-c2ccccn2)c2c(=O)n(C(C)C)cnn12.CC(=O)c1nc(-c2ccccn2)c2c(=O)n(C)ccn12.CC(=O)c1nc(-c2ccccn2)c2c(=O)n(C)cnn12.CC(C)C.CC(C)C.CC(C)C.CC(C)C. The molecule has 15 aromatic rings. The Bertz CT molecular complexity index is 5990. The predicted molar refractivity (Wildman–Crippen MR) is 460 cm³/mol. The lowest BCUT2D eigenvalue weighted by atomic mass is 10.2. The average Bonchev–Trinajstić information content (AvgIpc) is 1.66. The summed E-state index contributed by atoms with van der Waals surface area (Å²) in [5.74, 6) is 3.16. The van der Waals surface area contributed by atoms with Gasteiger partial charge in [0.1, 0.15) is 57.7 Å². The van der Waals surface area contributed by atoms with Crippen LogP contribution in [0.15, 0.2) is 196 Å². The first-order chi connectivity index (χ1) is 56.3. The largest absolute Gasteiger partial charge is 0.326 e. The summed E-state index contributed by atoms with van der Waals surface area (Å²) in [6.45, 7) is 40.7. The lowest BCUT2D eigenvalue weighted by Gasteiger charge is -2.10. The molecule has 0 atom stereocenters. The molecule has 15 heterocycles. The second-order valence-corrected chi connectivity index (χ2v) is 30.5. The first-order valence-corrected chi connectivity index (χ1v) is 38.7. The van der Waals surface area contributed by atoms with E-state index in [4.69, 9.17) is 0 Å². The smallest absolute Gasteiger partial charge is 0.280 e. The number of Topliss-reactive ketones (excluding diaryl/α,β-unsaturated/α-hetero) is 5. The van der Waals surface area contributed by atoms with Crippen molar-refractivity contribution in [1.82, 2.24) is 106 Å². The fraction of sp³-hybridized carbons (Fsp3) is 0.333. The summed E-state index contributed by atoms with van der Waals surface area (Å²) in [4.78, 5) is 166. The highest BCUT2D eigenvalue weighted by molar-refractivity contribution is 5.97. The van der Waals surface area contributed by atoms with Gasteiger partial charge in [-0.2, -0.15) is 10.2 Å². The van der Waals surface area contributed by atoms with Crippen LogP contribution < -0.4 is 27.8 Å². The van der Waals surface area contributed by atoms with Gasteiger partial charge in [-0.1, -0.05) is 113 Å². The van der Waals surface area contributed by atoms with E-state index in [0.717, 1.165) is 23.7 Å². The second-order valence-electron chi connectivity index (χ2n) is 30.5. The number of ketones is 5. The Morgan fingerprint density at radius 2 is 0.588 bits per heavy atom. The van der Waals surface area contributed by atoms with Crippen LogP contribution in [0.25, 0.3) is 84.5 Å². The molecule has 0 saturated heterocycles. The normalized spacial score (nSPS) is 10.8. The van der Waals surface area contributed by atoms with Crippen molar-refractivity contribution in [1.29, 1.82) is 0 Å². The molecule has 0 saturated carbocycles. The number of pyridine rings is 5. The summed E-state index contributed by atoms with van der Waals surface area (Å²) in [7, 11) is 3.25. The Kier molecular flexibility index (Phi) is 32.6. The van der Waals surface area contributed by atoms with Crippen molar-refractivity contribution in [2.75, 3.05) is 0 Å². The van der Waals surface area contributed by atoms with Gasteiger partial charge in [-0.3, -0.25) is 95.2 Å². The van der Waals surface area contributed by atoms with E-state index in [2.05, 4.69) is 148 Å². The molecule has 0 aliphatic carbocycles. The van der Waals surface area contributed by atoms with Crippen LogP contribution in [0.1, 0.15) is 211 Å². The van der Waals surface area contributed by atoms with Crippen LogP contribution in [-0.2, 0) is 14.1 Å². The summed E-state index contributed by atoms with van der Waals surface area (Å²) < 4.78 is 13.1. The zero-order chi connectivity index (χ0) is 88.0. The molecular formula is C87H104N22O10. The Morgan fingerprint density at radius 3 is 0.916 bits per heavy atom. The van der Waals surface area contributed by atoms with Crippen molar-refractivity contribution in [3.8, 4) is 56.9 Å². The van der Waals surface area contributed by atoms with Gasteiger partial charge in [0.05, 0.1) is 28.5 Å². The van der Waals surface area contributed by atoms with Gasteiger partial charge in [-0.15, -0.1) is 0 Å². The number of aromatic amines is 1. The number of carbonyl (C=O) groups excluding carboxylic acids is 5. The Morgan fingerprint density at radius 1 is 0.311 bits per heavy atom. The van der Waals surface area contributed by atoms with Gasteiger partial charge >= 0.3 is 0 Å². The molecule has 0 aliphatic heterocycles. The summed E-state index contributed by atoms with van der Waals surface area (Å²) in [5, 5.41) is 8.28. The van der Waals surface area contributed by atoms with Gasteiger partial charge in [0.2, 0.25) is 0 Å². The van der Waals surface area contributed by atoms with E-state index in [-0.39, 0.29) is 109 Å².